The van der Waals surface area contributed by atoms with Gasteiger partial charge in [-0.05, 0) is 44.6 Å². The third-order valence-electron chi connectivity index (χ3n) is 3.19. The Morgan fingerprint density at radius 3 is 2.38 bits per heavy atom. The normalized spacial score (nSPS) is 13.0. The predicted octanol–water partition coefficient (Wildman–Crippen LogP) is 3.45. The van der Waals surface area contributed by atoms with Crippen molar-refractivity contribution in [2.45, 2.75) is 39.2 Å². The van der Waals surface area contributed by atoms with Crippen LogP contribution in [0.4, 0.5) is 5.69 Å². The van der Waals surface area contributed by atoms with Gasteiger partial charge in [0.1, 0.15) is 0 Å². The van der Waals surface area contributed by atoms with Crippen molar-refractivity contribution in [3.05, 3.63) is 29.8 Å². The summed E-state index contributed by atoms with van der Waals surface area (Å²) in [5.41, 5.74) is 7.87. The maximum Gasteiger partial charge on any atom is 0.0316 e. The molecule has 0 aliphatic carbocycles. The van der Waals surface area contributed by atoms with Gasteiger partial charge in [0.2, 0.25) is 0 Å². The number of unbranched alkanes of at least 4 members (excludes halogenated alkanes) is 2. The third kappa shape index (κ3) is 3.86. The number of benzene rings is 1. The second-order valence-corrected chi connectivity index (χ2v) is 4.53. The summed E-state index contributed by atoms with van der Waals surface area (Å²) in [6, 6.07) is 8.67. The zero-order valence-electron chi connectivity index (χ0n) is 10.7. The Balaban J connectivity index is 2.49. The van der Waals surface area contributed by atoms with Crippen LogP contribution in [0.3, 0.4) is 0 Å². The second-order valence-electron chi connectivity index (χ2n) is 4.53. The molecule has 2 heteroatoms. The van der Waals surface area contributed by atoms with Crippen molar-refractivity contribution in [3.8, 4) is 0 Å². The Morgan fingerprint density at radius 1 is 1.19 bits per heavy atom. The van der Waals surface area contributed by atoms with E-state index < -0.39 is 0 Å². The largest absolute Gasteiger partial charge is 0.399 e. The molecule has 0 aromatic heterocycles. The fraction of sp³-hybridized carbons (Fsp3) is 0.571. The molecule has 0 radical (unpaired) electrons. The highest BCUT2D eigenvalue weighted by atomic mass is 15.1. The molecule has 0 fully saturated rings. The first-order valence-corrected chi connectivity index (χ1v) is 6.20. The number of hydrogen-bond donors (Lipinski definition) is 1. The summed E-state index contributed by atoms with van der Waals surface area (Å²) in [6.07, 6.45) is 3.88. The van der Waals surface area contributed by atoms with E-state index in [1.54, 1.807) is 0 Å². The van der Waals surface area contributed by atoms with Crippen LogP contribution in [-0.4, -0.2) is 18.5 Å². The molecular weight excluding hydrogens is 196 g/mol. The molecule has 2 nitrogen and oxygen atoms in total. The molecule has 16 heavy (non-hydrogen) atoms. The first-order valence-electron chi connectivity index (χ1n) is 6.20. The highest BCUT2D eigenvalue weighted by Crippen LogP contribution is 2.20. The molecular formula is C14H24N2. The van der Waals surface area contributed by atoms with Gasteiger partial charge in [0.05, 0.1) is 0 Å². The number of hydrogen-bond acceptors (Lipinski definition) is 2. The standard InChI is InChI=1S/C14H24N2/c1-4-5-6-11-16(3)12(2)13-7-9-14(15)10-8-13/h7-10,12H,4-6,11,15H2,1-3H3. The maximum atomic E-state index is 5.69. The van der Waals surface area contributed by atoms with Crippen LogP contribution in [0.15, 0.2) is 24.3 Å². The van der Waals surface area contributed by atoms with Crippen molar-refractivity contribution in [2.24, 2.45) is 0 Å². The monoisotopic (exact) mass is 220 g/mol. The summed E-state index contributed by atoms with van der Waals surface area (Å²) >= 11 is 0. The fourth-order valence-corrected chi connectivity index (χ4v) is 1.83. The molecule has 0 bridgehead atoms. The van der Waals surface area contributed by atoms with E-state index in [1.807, 2.05) is 12.1 Å². The van der Waals surface area contributed by atoms with E-state index in [1.165, 1.54) is 31.4 Å². The van der Waals surface area contributed by atoms with Gasteiger partial charge in [-0.2, -0.15) is 0 Å². The van der Waals surface area contributed by atoms with E-state index in [4.69, 9.17) is 5.73 Å². The lowest BCUT2D eigenvalue weighted by Gasteiger charge is -2.25. The summed E-state index contributed by atoms with van der Waals surface area (Å²) in [5, 5.41) is 0. The van der Waals surface area contributed by atoms with E-state index in [0.29, 0.717) is 6.04 Å². The van der Waals surface area contributed by atoms with Gasteiger partial charge < -0.3 is 5.73 Å². The molecule has 90 valence electrons. The first-order chi connectivity index (χ1) is 7.65. The average Bonchev–Trinajstić information content (AvgIpc) is 2.29. The van der Waals surface area contributed by atoms with Crippen LogP contribution < -0.4 is 5.73 Å². The summed E-state index contributed by atoms with van der Waals surface area (Å²) in [5.74, 6) is 0. The average molecular weight is 220 g/mol. The Bertz CT molecular complexity index is 292. The van der Waals surface area contributed by atoms with Crippen LogP contribution in [0, 0.1) is 0 Å². The zero-order valence-corrected chi connectivity index (χ0v) is 10.7. The summed E-state index contributed by atoms with van der Waals surface area (Å²) in [4.78, 5) is 2.40. The van der Waals surface area contributed by atoms with Crippen LogP contribution in [-0.2, 0) is 0 Å². The van der Waals surface area contributed by atoms with E-state index in [-0.39, 0.29) is 0 Å². The lowest BCUT2D eigenvalue weighted by molar-refractivity contribution is 0.256. The van der Waals surface area contributed by atoms with Gasteiger partial charge in [0.15, 0.2) is 0 Å². The lowest BCUT2D eigenvalue weighted by Crippen LogP contribution is -2.23. The number of nitrogens with two attached hydrogens (primary N) is 1. The van der Waals surface area contributed by atoms with Crippen LogP contribution in [0.2, 0.25) is 0 Å². The van der Waals surface area contributed by atoms with Gasteiger partial charge in [0.25, 0.3) is 0 Å². The molecule has 1 rings (SSSR count). The highest BCUT2D eigenvalue weighted by Gasteiger charge is 2.10. The van der Waals surface area contributed by atoms with Gasteiger partial charge >= 0.3 is 0 Å². The summed E-state index contributed by atoms with van der Waals surface area (Å²) in [7, 11) is 2.19. The van der Waals surface area contributed by atoms with E-state index in [2.05, 4.69) is 37.9 Å². The minimum absolute atomic E-state index is 0.470. The maximum absolute atomic E-state index is 5.69. The molecule has 0 spiro atoms. The van der Waals surface area contributed by atoms with Gasteiger partial charge in [-0.15, -0.1) is 0 Å². The molecule has 1 aromatic carbocycles. The van der Waals surface area contributed by atoms with Gasteiger partial charge in [-0.25, -0.2) is 0 Å². The van der Waals surface area contributed by atoms with Crippen molar-refractivity contribution in [2.75, 3.05) is 19.3 Å². The molecule has 0 heterocycles. The van der Waals surface area contributed by atoms with E-state index >= 15 is 0 Å². The van der Waals surface area contributed by atoms with Crippen LogP contribution >= 0.6 is 0 Å². The quantitative estimate of drug-likeness (QED) is 0.587. The predicted molar refractivity (Wildman–Crippen MR) is 71.4 cm³/mol. The topological polar surface area (TPSA) is 29.3 Å². The number of anilines is 1. The minimum atomic E-state index is 0.470. The fourth-order valence-electron chi connectivity index (χ4n) is 1.83. The first kappa shape index (κ1) is 13.0. The van der Waals surface area contributed by atoms with Crippen molar-refractivity contribution in [1.29, 1.82) is 0 Å². The second kappa shape index (κ2) is 6.54. The summed E-state index contributed by atoms with van der Waals surface area (Å²) in [6.45, 7) is 5.65. The van der Waals surface area contributed by atoms with Crippen molar-refractivity contribution in [3.63, 3.8) is 0 Å². The Morgan fingerprint density at radius 2 is 1.81 bits per heavy atom. The van der Waals surface area contributed by atoms with Gasteiger partial charge in [0, 0.05) is 11.7 Å². The number of nitrogens with zero attached hydrogens (tertiary/aromatic N) is 1. The molecule has 0 saturated carbocycles. The van der Waals surface area contributed by atoms with Crippen LogP contribution in [0.25, 0.3) is 0 Å². The van der Waals surface area contributed by atoms with Crippen molar-refractivity contribution in [1.82, 2.24) is 4.90 Å². The molecule has 1 aromatic rings. The molecule has 0 amide bonds. The highest BCUT2D eigenvalue weighted by molar-refractivity contribution is 5.39. The Kier molecular flexibility index (Phi) is 5.33. The van der Waals surface area contributed by atoms with E-state index in [0.717, 1.165) is 5.69 Å². The molecule has 0 saturated heterocycles. The molecule has 0 aliphatic rings. The van der Waals surface area contributed by atoms with Crippen molar-refractivity contribution >= 4 is 5.69 Å². The SMILES string of the molecule is CCCCCN(C)C(C)c1ccc(N)cc1. The third-order valence-corrected chi connectivity index (χ3v) is 3.19. The lowest BCUT2D eigenvalue weighted by atomic mass is 10.1. The van der Waals surface area contributed by atoms with Gasteiger partial charge in [-0.3, -0.25) is 4.90 Å². The Hall–Kier alpha value is -1.02. The van der Waals surface area contributed by atoms with Gasteiger partial charge in [-0.1, -0.05) is 31.9 Å². The minimum Gasteiger partial charge on any atom is -0.399 e. The van der Waals surface area contributed by atoms with E-state index in [9.17, 15) is 0 Å². The van der Waals surface area contributed by atoms with Crippen LogP contribution in [0.5, 0.6) is 0 Å². The number of rotatable bonds is 6. The zero-order chi connectivity index (χ0) is 12.0. The molecule has 0 aliphatic heterocycles. The van der Waals surface area contributed by atoms with Crippen LogP contribution in [0.1, 0.15) is 44.7 Å². The van der Waals surface area contributed by atoms with Crippen molar-refractivity contribution < 1.29 is 0 Å². The smallest absolute Gasteiger partial charge is 0.0316 e. The molecule has 1 atom stereocenters. The Labute approximate surface area is 99.5 Å². The number of nitrogen functional groups attached to an aromatic ring is 1. The molecule has 1 unspecified atom stereocenters. The molecule has 2 N–H and O–H groups in total. The summed E-state index contributed by atoms with van der Waals surface area (Å²) < 4.78 is 0.